The Balaban J connectivity index is 1.45. The van der Waals surface area contributed by atoms with E-state index in [0.717, 1.165) is 34.9 Å². The highest BCUT2D eigenvalue weighted by Crippen LogP contribution is 2.38. The maximum Gasteiger partial charge on any atom is 0.0851 e. The van der Waals surface area contributed by atoms with Crippen LogP contribution in [0.4, 0.5) is 5.69 Å². The molecule has 142 valence electrons. The second-order valence-corrected chi connectivity index (χ2v) is 7.76. The van der Waals surface area contributed by atoms with E-state index in [4.69, 9.17) is 4.99 Å². The third kappa shape index (κ3) is 3.47. The molecule has 3 heterocycles. The Hall–Kier alpha value is -3.25. The zero-order valence-electron chi connectivity index (χ0n) is 15.9. The highest BCUT2D eigenvalue weighted by Gasteiger charge is 2.29. The SMILES string of the molecule is CSc1ccc(-n2cc(CC3C(c4ccccn4)=Nc4ccccc43)nn2)cc1. The van der Waals surface area contributed by atoms with Gasteiger partial charge in [-0.2, -0.15) is 0 Å². The number of pyridine rings is 1. The molecule has 0 saturated heterocycles. The molecule has 1 aliphatic heterocycles. The Bertz CT molecular complexity index is 1170. The van der Waals surface area contributed by atoms with E-state index in [9.17, 15) is 0 Å². The van der Waals surface area contributed by atoms with E-state index in [-0.39, 0.29) is 5.92 Å². The first-order valence-electron chi connectivity index (χ1n) is 9.46. The molecule has 1 aliphatic rings. The first kappa shape index (κ1) is 17.8. The van der Waals surface area contributed by atoms with Crippen LogP contribution in [-0.2, 0) is 6.42 Å². The third-order valence-electron chi connectivity index (χ3n) is 5.10. The molecule has 0 aliphatic carbocycles. The lowest BCUT2D eigenvalue weighted by Crippen LogP contribution is -2.14. The van der Waals surface area contributed by atoms with Gasteiger partial charge in [0.1, 0.15) is 0 Å². The Morgan fingerprint density at radius 1 is 0.966 bits per heavy atom. The fourth-order valence-electron chi connectivity index (χ4n) is 3.66. The molecule has 0 radical (unpaired) electrons. The number of aliphatic imine (C=N–C) groups is 1. The summed E-state index contributed by atoms with van der Waals surface area (Å²) in [6.45, 7) is 0. The van der Waals surface area contributed by atoms with Gasteiger partial charge in [0.05, 0.1) is 34.7 Å². The van der Waals surface area contributed by atoms with Crippen molar-refractivity contribution in [2.45, 2.75) is 17.2 Å². The number of hydrogen-bond acceptors (Lipinski definition) is 5. The predicted molar refractivity (Wildman–Crippen MR) is 116 cm³/mol. The van der Waals surface area contributed by atoms with Crippen molar-refractivity contribution in [3.8, 4) is 5.69 Å². The molecule has 1 unspecified atom stereocenters. The monoisotopic (exact) mass is 397 g/mol. The van der Waals surface area contributed by atoms with Crippen LogP contribution in [-0.4, -0.2) is 31.9 Å². The minimum Gasteiger partial charge on any atom is -0.255 e. The fraction of sp³-hybridized carbons (Fsp3) is 0.130. The first-order valence-corrected chi connectivity index (χ1v) is 10.7. The van der Waals surface area contributed by atoms with Crippen molar-refractivity contribution in [2.75, 3.05) is 6.26 Å². The molecule has 5 rings (SSSR count). The third-order valence-corrected chi connectivity index (χ3v) is 5.85. The molecule has 2 aromatic carbocycles. The number of fused-ring (bicyclic) bond motifs is 1. The average Bonchev–Trinajstić information content (AvgIpc) is 3.40. The number of thioether (sulfide) groups is 1. The molecule has 6 heteroatoms. The molecular formula is C23H19N5S. The highest BCUT2D eigenvalue weighted by molar-refractivity contribution is 7.98. The van der Waals surface area contributed by atoms with Crippen LogP contribution in [0.15, 0.2) is 89.0 Å². The first-order chi connectivity index (χ1) is 14.3. The van der Waals surface area contributed by atoms with Gasteiger partial charge in [-0.15, -0.1) is 16.9 Å². The van der Waals surface area contributed by atoms with E-state index < -0.39 is 0 Å². The Labute approximate surface area is 173 Å². The highest BCUT2D eigenvalue weighted by atomic mass is 32.2. The maximum absolute atomic E-state index is 4.88. The smallest absolute Gasteiger partial charge is 0.0851 e. The van der Waals surface area contributed by atoms with Crippen molar-refractivity contribution in [3.05, 3.63) is 96.1 Å². The van der Waals surface area contributed by atoms with Crippen molar-refractivity contribution >= 4 is 23.2 Å². The van der Waals surface area contributed by atoms with E-state index in [1.165, 1.54) is 10.5 Å². The quantitative estimate of drug-likeness (QED) is 0.452. The van der Waals surface area contributed by atoms with Gasteiger partial charge in [-0.25, -0.2) is 4.68 Å². The van der Waals surface area contributed by atoms with E-state index in [1.807, 2.05) is 41.3 Å². The lowest BCUT2D eigenvalue weighted by Gasteiger charge is -2.12. The standard InChI is InChI=1S/C23H19N5S/c1-29-18-11-9-17(10-12-18)28-15-16(26-27-28)14-20-19-6-2-3-7-21(19)25-23(20)22-8-4-5-13-24-22/h2-13,15,20H,14H2,1H3. The van der Waals surface area contributed by atoms with Crippen LogP contribution in [0.1, 0.15) is 22.9 Å². The summed E-state index contributed by atoms with van der Waals surface area (Å²) in [4.78, 5) is 10.6. The van der Waals surface area contributed by atoms with E-state index in [1.54, 1.807) is 11.8 Å². The molecule has 0 fully saturated rings. The lowest BCUT2D eigenvalue weighted by molar-refractivity contribution is 0.788. The van der Waals surface area contributed by atoms with Crippen LogP contribution in [0.3, 0.4) is 0 Å². The maximum atomic E-state index is 4.88. The molecule has 0 N–H and O–H groups in total. The molecule has 0 spiro atoms. The van der Waals surface area contributed by atoms with Gasteiger partial charge in [-0.1, -0.05) is 29.5 Å². The lowest BCUT2D eigenvalue weighted by atomic mass is 9.90. The summed E-state index contributed by atoms with van der Waals surface area (Å²) >= 11 is 1.73. The Morgan fingerprint density at radius 3 is 2.59 bits per heavy atom. The molecule has 0 saturated carbocycles. The number of para-hydroxylation sites is 1. The van der Waals surface area contributed by atoms with Crippen molar-refractivity contribution in [1.29, 1.82) is 0 Å². The van der Waals surface area contributed by atoms with Crippen molar-refractivity contribution in [3.63, 3.8) is 0 Å². The summed E-state index contributed by atoms with van der Waals surface area (Å²) in [5, 5.41) is 8.77. The summed E-state index contributed by atoms with van der Waals surface area (Å²) in [5.41, 5.74) is 6.07. The van der Waals surface area contributed by atoms with Crippen LogP contribution in [0.25, 0.3) is 5.69 Å². The fourth-order valence-corrected chi connectivity index (χ4v) is 4.07. The average molecular weight is 398 g/mol. The molecule has 29 heavy (non-hydrogen) atoms. The van der Waals surface area contributed by atoms with Crippen LogP contribution >= 0.6 is 11.8 Å². The second kappa shape index (κ2) is 7.64. The van der Waals surface area contributed by atoms with Crippen LogP contribution in [0.5, 0.6) is 0 Å². The van der Waals surface area contributed by atoms with Gasteiger partial charge in [0, 0.05) is 23.4 Å². The van der Waals surface area contributed by atoms with E-state index in [2.05, 4.69) is 64.0 Å². The molecule has 0 bridgehead atoms. The summed E-state index contributed by atoms with van der Waals surface area (Å²) in [6.07, 6.45) is 6.62. The van der Waals surface area contributed by atoms with Gasteiger partial charge in [-0.05, 0) is 54.3 Å². The summed E-state index contributed by atoms with van der Waals surface area (Å²) in [5.74, 6) is 0.116. The number of benzene rings is 2. The second-order valence-electron chi connectivity index (χ2n) is 6.88. The zero-order valence-corrected chi connectivity index (χ0v) is 16.8. The topological polar surface area (TPSA) is 56.0 Å². The van der Waals surface area contributed by atoms with E-state index in [0.29, 0.717) is 0 Å². The predicted octanol–water partition coefficient (Wildman–Crippen LogP) is 4.84. The minimum absolute atomic E-state index is 0.116. The van der Waals surface area contributed by atoms with E-state index >= 15 is 0 Å². The molecule has 2 aromatic heterocycles. The van der Waals surface area contributed by atoms with Crippen LogP contribution < -0.4 is 0 Å². The Morgan fingerprint density at radius 2 is 1.79 bits per heavy atom. The molecule has 4 aromatic rings. The summed E-state index contributed by atoms with van der Waals surface area (Å²) in [6, 6.07) is 22.6. The zero-order chi connectivity index (χ0) is 19.6. The van der Waals surface area contributed by atoms with Gasteiger partial charge in [0.25, 0.3) is 0 Å². The largest absolute Gasteiger partial charge is 0.255 e. The Kier molecular flexibility index (Phi) is 4.69. The number of aromatic nitrogens is 4. The molecular weight excluding hydrogens is 378 g/mol. The van der Waals surface area contributed by atoms with Gasteiger partial charge < -0.3 is 0 Å². The number of rotatable bonds is 5. The number of nitrogens with zero attached hydrogens (tertiary/aromatic N) is 5. The van der Waals surface area contributed by atoms with Gasteiger partial charge >= 0.3 is 0 Å². The number of hydrogen-bond donors (Lipinski definition) is 0. The van der Waals surface area contributed by atoms with Gasteiger partial charge in [0.2, 0.25) is 0 Å². The van der Waals surface area contributed by atoms with Gasteiger partial charge in [0.15, 0.2) is 0 Å². The van der Waals surface area contributed by atoms with Crippen molar-refractivity contribution in [1.82, 2.24) is 20.0 Å². The molecule has 1 atom stereocenters. The summed E-state index contributed by atoms with van der Waals surface area (Å²) < 4.78 is 1.83. The van der Waals surface area contributed by atoms with Crippen LogP contribution in [0, 0.1) is 0 Å². The minimum atomic E-state index is 0.116. The van der Waals surface area contributed by atoms with Crippen molar-refractivity contribution in [2.24, 2.45) is 4.99 Å². The van der Waals surface area contributed by atoms with Crippen LogP contribution in [0.2, 0.25) is 0 Å². The van der Waals surface area contributed by atoms with Crippen molar-refractivity contribution < 1.29 is 0 Å². The van der Waals surface area contributed by atoms with Gasteiger partial charge in [-0.3, -0.25) is 9.98 Å². The molecule has 5 nitrogen and oxygen atoms in total. The normalized spacial score (nSPS) is 15.2. The summed E-state index contributed by atoms with van der Waals surface area (Å²) in [7, 11) is 0. The molecule has 0 amide bonds.